The van der Waals surface area contributed by atoms with E-state index in [-0.39, 0.29) is 5.41 Å². The first kappa shape index (κ1) is 43.2. The van der Waals surface area contributed by atoms with Crippen molar-refractivity contribution >= 4 is 66.4 Å². The summed E-state index contributed by atoms with van der Waals surface area (Å²) in [5, 5.41) is 17.5. The molecular formula is C61H57N3. The Morgan fingerprint density at radius 1 is 0.594 bits per heavy atom. The van der Waals surface area contributed by atoms with Crippen molar-refractivity contribution in [2.75, 3.05) is 0 Å². The van der Waals surface area contributed by atoms with Crippen molar-refractivity contribution in [1.82, 2.24) is 9.13 Å². The lowest BCUT2D eigenvalue weighted by molar-refractivity contribution is 0.660. The second-order valence-electron chi connectivity index (χ2n) is 17.1. The van der Waals surface area contributed by atoms with Gasteiger partial charge in [-0.1, -0.05) is 178 Å². The molecular weight excluding hydrogens is 775 g/mol. The largest absolute Gasteiger partial charge is 0.344 e. The lowest BCUT2D eigenvalue weighted by Gasteiger charge is -2.24. The highest BCUT2D eigenvalue weighted by molar-refractivity contribution is 6.20. The topological polar surface area (TPSA) is 33.6 Å². The second-order valence-corrected chi connectivity index (χ2v) is 17.1. The van der Waals surface area contributed by atoms with Gasteiger partial charge in [0.15, 0.2) is 0 Å². The van der Waals surface area contributed by atoms with Crippen LogP contribution in [0.2, 0.25) is 0 Å². The van der Waals surface area contributed by atoms with Gasteiger partial charge in [-0.2, -0.15) is 5.26 Å². The van der Waals surface area contributed by atoms with Crippen LogP contribution in [0.1, 0.15) is 79.3 Å². The van der Waals surface area contributed by atoms with Crippen LogP contribution in [0.25, 0.3) is 83.2 Å². The third-order valence-electron chi connectivity index (χ3n) is 12.8. The predicted molar refractivity (Wildman–Crippen MR) is 278 cm³/mol. The van der Waals surface area contributed by atoms with Gasteiger partial charge in [-0.3, -0.25) is 0 Å². The van der Waals surface area contributed by atoms with Gasteiger partial charge in [0.1, 0.15) is 0 Å². The SMILES string of the molecule is C=Cc1c(/C=C\C)c2cc(C)ccc2n1C.CC.Cc1ccc(C#N)cc1.Cc1ccc2c(c1)C(C)(C)c1cc(-n3c4ccccc4c4ccc5ccccc5c43)c3ccccc3c1-2. The number of aryl methyl sites for hydroxylation is 4. The van der Waals surface area contributed by atoms with Crippen LogP contribution in [-0.2, 0) is 12.5 Å². The highest BCUT2D eigenvalue weighted by Gasteiger charge is 2.37. The normalized spacial score (nSPS) is 12.2. The van der Waals surface area contributed by atoms with Crippen molar-refractivity contribution in [2.24, 2.45) is 7.05 Å². The molecule has 0 atom stereocenters. The maximum absolute atomic E-state index is 8.38. The van der Waals surface area contributed by atoms with Crippen molar-refractivity contribution < 1.29 is 0 Å². The minimum absolute atomic E-state index is 0.0731. The van der Waals surface area contributed by atoms with Crippen molar-refractivity contribution in [3.05, 3.63) is 209 Å². The maximum atomic E-state index is 8.38. The molecule has 1 aliphatic rings. The van der Waals surface area contributed by atoms with E-state index in [4.69, 9.17) is 5.26 Å². The van der Waals surface area contributed by atoms with Gasteiger partial charge < -0.3 is 9.13 Å². The molecule has 0 unspecified atom stereocenters. The zero-order chi connectivity index (χ0) is 45.3. The molecule has 8 aromatic carbocycles. The number of fused-ring (bicyclic) bond motifs is 11. The van der Waals surface area contributed by atoms with Crippen LogP contribution in [0.15, 0.2) is 164 Å². The molecule has 0 saturated carbocycles. The van der Waals surface area contributed by atoms with Crippen LogP contribution in [-0.4, -0.2) is 9.13 Å². The quantitative estimate of drug-likeness (QED) is 0.175. The van der Waals surface area contributed by atoms with E-state index in [2.05, 4.69) is 196 Å². The van der Waals surface area contributed by atoms with Crippen LogP contribution in [0.3, 0.4) is 0 Å². The molecule has 11 rings (SSSR count). The van der Waals surface area contributed by atoms with Crippen molar-refractivity contribution in [2.45, 2.75) is 60.8 Å². The van der Waals surface area contributed by atoms with E-state index in [0.29, 0.717) is 0 Å². The molecule has 0 amide bonds. The highest BCUT2D eigenvalue weighted by Crippen LogP contribution is 2.53. The smallest absolute Gasteiger partial charge is 0.0991 e. The molecule has 0 bridgehead atoms. The summed E-state index contributed by atoms with van der Waals surface area (Å²) in [7, 11) is 2.08. The van der Waals surface area contributed by atoms with Crippen molar-refractivity contribution in [1.29, 1.82) is 5.26 Å². The zero-order valence-electron chi connectivity index (χ0n) is 38.7. The van der Waals surface area contributed by atoms with Gasteiger partial charge in [0.25, 0.3) is 0 Å². The monoisotopic (exact) mass is 831 g/mol. The standard InChI is InChI=1S/C36H27N.C15H17N.C8H7N.C2H6/c1-22-16-18-29-30(20-22)36(2,3)31-21-33(25-12-6-7-14-27(25)34(29)31)37-32-15-9-8-13-26(32)28-19-17-23-10-4-5-11-24(23)35(28)37;1-5-7-12-13-10-11(3)8-9-15(13)16(4)14(12)6-2;1-7-2-4-8(6-9)5-3-7;1-2/h4-21H,1-3H3;5-10H,2H2,1,3-4H3;2-5H,1H3;1-2H3/b;7-5-;;. The Labute approximate surface area is 378 Å². The minimum Gasteiger partial charge on any atom is -0.344 e. The van der Waals surface area contributed by atoms with Gasteiger partial charge in [0, 0.05) is 56.2 Å². The van der Waals surface area contributed by atoms with E-state index in [1.807, 2.05) is 58.0 Å². The summed E-state index contributed by atoms with van der Waals surface area (Å²) in [6.07, 6.45) is 6.15. The summed E-state index contributed by atoms with van der Waals surface area (Å²) in [6.45, 7) is 21.0. The number of rotatable bonds is 3. The lowest BCUT2D eigenvalue weighted by atomic mass is 9.81. The predicted octanol–water partition coefficient (Wildman–Crippen LogP) is 16.8. The fraction of sp³-hybridized carbons (Fsp3) is 0.164. The van der Waals surface area contributed by atoms with Crippen LogP contribution < -0.4 is 0 Å². The summed E-state index contributed by atoms with van der Waals surface area (Å²) in [6, 6.07) is 56.7. The molecule has 2 heterocycles. The summed E-state index contributed by atoms with van der Waals surface area (Å²) >= 11 is 0. The average molecular weight is 832 g/mol. The van der Waals surface area contributed by atoms with Crippen molar-refractivity contribution in [3.8, 4) is 22.9 Å². The molecule has 64 heavy (non-hydrogen) atoms. The molecule has 0 spiro atoms. The molecule has 3 heteroatoms. The average Bonchev–Trinajstić information content (AvgIpc) is 3.88. The van der Waals surface area contributed by atoms with Gasteiger partial charge in [-0.25, -0.2) is 0 Å². The summed E-state index contributed by atoms with van der Waals surface area (Å²) in [5.74, 6) is 0. The van der Waals surface area contributed by atoms with Gasteiger partial charge >= 0.3 is 0 Å². The highest BCUT2D eigenvalue weighted by atomic mass is 15.0. The summed E-state index contributed by atoms with van der Waals surface area (Å²) in [5.41, 5.74) is 17.6. The first-order chi connectivity index (χ1) is 31.0. The van der Waals surface area contributed by atoms with Gasteiger partial charge in [0.2, 0.25) is 0 Å². The molecule has 0 N–H and O–H groups in total. The Morgan fingerprint density at radius 2 is 1.22 bits per heavy atom. The maximum Gasteiger partial charge on any atom is 0.0991 e. The number of nitrogens with zero attached hydrogens (tertiary/aromatic N) is 3. The second kappa shape index (κ2) is 17.8. The zero-order valence-corrected chi connectivity index (χ0v) is 38.7. The van der Waals surface area contributed by atoms with E-state index in [0.717, 1.165) is 5.56 Å². The van der Waals surface area contributed by atoms with E-state index >= 15 is 0 Å². The number of para-hydroxylation sites is 1. The van der Waals surface area contributed by atoms with Crippen LogP contribution in [0.4, 0.5) is 0 Å². The number of benzene rings is 8. The molecule has 0 saturated heterocycles. The van der Waals surface area contributed by atoms with Gasteiger partial charge in [-0.15, -0.1) is 0 Å². The third-order valence-corrected chi connectivity index (χ3v) is 12.8. The molecule has 0 radical (unpaired) electrons. The molecule has 3 nitrogen and oxygen atoms in total. The Kier molecular flexibility index (Phi) is 12.0. The van der Waals surface area contributed by atoms with E-state index in [9.17, 15) is 0 Å². The fourth-order valence-electron chi connectivity index (χ4n) is 9.67. The Balaban J connectivity index is 0.000000171. The van der Waals surface area contributed by atoms with Crippen LogP contribution >= 0.6 is 0 Å². The molecule has 10 aromatic rings. The minimum atomic E-state index is -0.0731. The Hall–Kier alpha value is -7.41. The molecule has 2 aromatic heterocycles. The van der Waals surface area contributed by atoms with Crippen LogP contribution in [0.5, 0.6) is 0 Å². The third kappa shape index (κ3) is 7.40. The van der Waals surface area contributed by atoms with E-state index < -0.39 is 0 Å². The van der Waals surface area contributed by atoms with Gasteiger partial charge in [-0.05, 0) is 103 Å². The Bertz CT molecular complexity index is 3450. The lowest BCUT2D eigenvalue weighted by Crippen LogP contribution is -2.15. The fourth-order valence-corrected chi connectivity index (χ4v) is 9.67. The number of aromatic nitrogens is 2. The van der Waals surface area contributed by atoms with Gasteiger partial charge in [0.05, 0.1) is 28.4 Å². The van der Waals surface area contributed by atoms with E-state index in [1.165, 1.54) is 110 Å². The number of allylic oxidation sites excluding steroid dienone is 1. The van der Waals surface area contributed by atoms with Crippen molar-refractivity contribution in [3.63, 3.8) is 0 Å². The first-order valence-corrected chi connectivity index (χ1v) is 22.5. The Morgan fingerprint density at radius 3 is 1.92 bits per heavy atom. The number of hydrogen-bond acceptors (Lipinski definition) is 1. The van der Waals surface area contributed by atoms with Crippen LogP contribution in [0, 0.1) is 32.1 Å². The molecule has 316 valence electrons. The summed E-state index contributed by atoms with van der Waals surface area (Å²) in [4.78, 5) is 0. The molecule has 0 fully saturated rings. The first-order valence-electron chi connectivity index (χ1n) is 22.5. The number of nitriles is 1. The van der Waals surface area contributed by atoms with E-state index in [1.54, 1.807) is 0 Å². The molecule has 1 aliphatic carbocycles. The summed E-state index contributed by atoms with van der Waals surface area (Å²) < 4.78 is 4.72. The molecule has 0 aliphatic heterocycles. The number of hydrogen-bond donors (Lipinski definition) is 0.